The summed E-state index contributed by atoms with van der Waals surface area (Å²) in [6, 6.07) is 6.20. The van der Waals surface area contributed by atoms with Gasteiger partial charge in [0.2, 0.25) is 0 Å². The number of hydrogen-bond donors (Lipinski definition) is 0. The molecular weight excluding hydrogens is 282 g/mol. The van der Waals surface area contributed by atoms with Crippen LogP contribution in [0.5, 0.6) is 0 Å². The molecule has 0 saturated carbocycles. The van der Waals surface area contributed by atoms with Crippen LogP contribution in [0.15, 0.2) is 22.7 Å². The first-order valence-corrected chi connectivity index (χ1v) is 6.57. The minimum atomic E-state index is 0.455. The first kappa shape index (κ1) is 12.6. The number of hydrogen-bond acceptors (Lipinski definition) is 3. The summed E-state index contributed by atoms with van der Waals surface area (Å²) in [4.78, 5) is 13.3. The summed E-state index contributed by atoms with van der Waals surface area (Å²) in [5.41, 5.74) is 1.73. The fourth-order valence-corrected chi connectivity index (χ4v) is 2.54. The summed E-state index contributed by atoms with van der Waals surface area (Å²) in [6.45, 7) is 1.61. The number of nitrogens with zero attached hydrogens (tertiary/aromatic N) is 1. The van der Waals surface area contributed by atoms with Crippen molar-refractivity contribution in [3.63, 3.8) is 0 Å². The number of carbonyl (C=O) groups excluding carboxylic acids is 1. The Balaban J connectivity index is 2.24. The lowest BCUT2D eigenvalue weighted by molar-refractivity contribution is 0.0854. The van der Waals surface area contributed by atoms with E-state index in [1.807, 2.05) is 25.2 Å². The highest BCUT2D eigenvalue weighted by molar-refractivity contribution is 9.10. The van der Waals surface area contributed by atoms with Crippen molar-refractivity contribution in [2.45, 2.75) is 18.9 Å². The third-order valence-electron chi connectivity index (χ3n) is 3.24. The van der Waals surface area contributed by atoms with Crippen LogP contribution in [0.25, 0.3) is 0 Å². The maximum absolute atomic E-state index is 11.1. The molecule has 0 amide bonds. The van der Waals surface area contributed by atoms with E-state index < -0.39 is 0 Å². The summed E-state index contributed by atoms with van der Waals surface area (Å²) in [5, 5.41) is 0. The molecule has 0 spiro atoms. The first-order chi connectivity index (χ1) is 8.22. The number of halogens is 1. The average molecular weight is 298 g/mol. The van der Waals surface area contributed by atoms with Crippen LogP contribution in [0.2, 0.25) is 0 Å². The Kier molecular flexibility index (Phi) is 4.18. The molecule has 2 rings (SSSR count). The lowest BCUT2D eigenvalue weighted by atomic mass is 10.1. The Labute approximate surface area is 110 Å². The molecule has 0 aromatic heterocycles. The molecule has 0 unspecified atom stereocenters. The Hall–Kier alpha value is -0.870. The van der Waals surface area contributed by atoms with E-state index in [0.29, 0.717) is 6.04 Å². The van der Waals surface area contributed by atoms with E-state index in [-0.39, 0.29) is 0 Å². The fraction of sp³-hybridized carbons (Fsp3) is 0.462. The molecule has 1 fully saturated rings. The number of ether oxygens (including phenoxy) is 1. The van der Waals surface area contributed by atoms with Crippen LogP contribution >= 0.6 is 15.9 Å². The predicted molar refractivity (Wildman–Crippen MR) is 71.8 cm³/mol. The Bertz CT molecular complexity index is 402. The molecule has 0 atom stereocenters. The largest absolute Gasteiger partial charge is 0.381 e. The summed E-state index contributed by atoms with van der Waals surface area (Å²) in [5.74, 6) is 0. The van der Waals surface area contributed by atoms with Crippen LogP contribution in [0, 0.1) is 0 Å². The van der Waals surface area contributed by atoms with Crippen molar-refractivity contribution < 1.29 is 9.53 Å². The van der Waals surface area contributed by atoms with Crippen LogP contribution in [-0.4, -0.2) is 32.6 Å². The van der Waals surface area contributed by atoms with Crippen molar-refractivity contribution in [3.05, 3.63) is 28.2 Å². The van der Waals surface area contributed by atoms with Gasteiger partial charge in [0.15, 0.2) is 6.29 Å². The summed E-state index contributed by atoms with van der Waals surface area (Å²) >= 11 is 3.45. The Morgan fingerprint density at radius 2 is 2.12 bits per heavy atom. The van der Waals surface area contributed by atoms with E-state index in [2.05, 4.69) is 20.8 Å². The van der Waals surface area contributed by atoms with Crippen LogP contribution in [0.4, 0.5) is 5.69 Å². The van der Waals surface area contributed by atoms with Crippen molar-refractivity contribution in [1.29, 1.82) is 0 Å². The van der Waals surface area contributed by atoms with Crippen molar-refractivity contribution >= 4 is 27.9 Å². The van der Waals surface area contributed by atoms with Gasteiger partial charge in [0, 0.05) is 42.0 Å². The van der Waals surface area contributed by atoms with Crippen molar-refractivity contribution in [2.75, 3.05) is 25.2 Å². The minimum Gasteiger partial charge on any atom is -0.381 e. The second-order valence-electron chi connectivity index (χ2n) is 4.28. The normalized spacial score (nSPS) is 16.8. The van der Waals surface area contributed by atoms with Crippen LogP contribution in [0.3, 0.4) is 0 Å². The van der Waals surface area contributed by atoms with Gasteiger partial charge in [-0.1, -0.05) is 15.9 Å². The van der Waals surface area contributed by atoms with Gasteiger partial charge in [-0.2, -0.15) is 0 Å². The van der Waals surface area contributed by atoms with Gasteiger partial charge in [-0.25, -0.2) is 0 Å². The van der Waals surface area contributed by atoms with Gasteiger partial charge in [-0.05, 0) is 31.0 Å². The third-order valence-corrected chi connectivity index (χ3v) is 3.73. The molecule has 0 radical (unpaired) electrons. The lowest BCUT2D eigenvalue weighted by Crippen LogP contribution is -2.37. The number of aldehydes is 1. The van der Waals surface area contributed by atoms with Crippen LogP contribution in [-0.2, 0) is 4.74 Å². The molecule has 17 heavy (non-hydrogen) atoms. The topological polar surface area (TPSA) is 29.5 Å². The molecule has 0 N–H and O–H groups in total. The smallest absolute Gasteiger partial charge is 0.152 e. The van der Waals surface area contributed by atoms with E-state index in [0.717, 1.165) is 48.1 Å². The molecule has 0 aliphatic carbocycles. The standard InChI is InChI=1S/C13H16BrNO2/c1-15(12-4-6-17-7-5-12)13-8-11(14)3-2-10(13)9-16/h2-3,8-9,12H,4-7H2,1H3. The predicted octanol–water partition coefficient (Wildman–Crippen LogP) is 2.88. The highest BCUT2D eigenvalue weighted by Crippen LogP contribution is 2.27. The van der Waals surface area contributed by atoms with E-state index in [1.165, 1.54) is 0 Å². The molecule has 1 saturated heterocycles. The van der Waals surface area contributed by atoms with Gasteiger partial charge in [0.1, 0.15) is 0 Å². The average Bonchev–Trinajstić information content (AvgIpc) is 2.39. The maximum Gasteiger partial charge on any atom is 0.152 e. The highest BCUT2D eigenvalue weighted by Gasteiger charge is 2.20. The van der Waals surface area contributed by atoms with Gasteiger partial charge >= 0.3 is 0 Å². The SMILES string of the molecule is CN(c1cc(Br)ccc1C=O)C1CCOCC1. The molecule has 1 heterocycles. The highest BCUT2D eigenvalue weighted by atomic mass is 79.9. The van der Waals surface area contributed by atoms with E-state index in [1.54, 1.807) is 0 Å². The van der Waals surface area contributed by atoms with Crippen LogP contribution < -0.4 is 4.90 Å². The fourth-order valence-electron chi connectivity index (χ4n) is 2.19. The summed E-state index contributed by atoms with van der Waals surface area (Å²) < 4.78 is 6.36. The maximum atomic E-state index is 11.1. The van der Waals surface area contributed by atoms with Crippen molar-refractivity contribution in [3.8, 4) is 0 Å². The molecule has 3 nitrogen and oxygen atoms in total. The van der Waals surface area contributed by atoms with Gasteiger partial charge < -0.3 is 9.64 Å². The minimum absolute atomic E-state index is 0.455. The quantitative estimate of drug-likeness (QED) is 0.804. The van der Waals surface area contributed by atoms with E-state index >= 15 is 0 Å². The second-order valence-corrected chi connectivity index (χ2v) is 5.19. The van der Waals surface area contributed by atoms with E-state index in [9.17, 15) is 4.79 Å². The third kappa shape index (κ3) is 2.87. The van der Waals surface area contributed by atoms with E-state index in [4.69, 9.17) is 4.74 Å². The van der Waals surface area contributed by atoms with Crippen LogP contribution in [0.1, 0.15) is 23.2 Å². The first-order valence-electron chi connectivity index (χ1n) is 5.77. The summed E-state index contributed by atoms with van der Waals surface area (Å²) in [7, 11) is 2.05. The molecule has 1 aliphatic heterocycles. The monoisotopic (exact) mass is 297 g/mol. The Morgan fingerprint density at radius 3 is 2.76 bits per heavy atom. The zero-order valence-electron chi connectivity index (χ0n) is 9.86. The summed E-state index contributed by atoms with van der Waals surface area (Å²) in [6.07, 6.45) is 2.94. The zero-order valence-corrected chi connectivity index (χ0v) is 11.4. The molecule has 1 aliphatic rings. The molecule has 92 valence electrons. The van der Waals surface area contributed by atoms with Crippen molar-refractivity contribution in [2.24, 2.45) is 0 Å². The molecule has 4 heteroatoms. The number of benzene rings is 1. The van der Waals surface area contributed by atoms with Gasteiger partial charge in [0.05, 0.1) is 0 Å². The molecular formula is C13H16BrNO2. The Morgan fingerprint density at radius 1 is 1.41 bits per heavy atom. The number of rotatable bonds is 3. The number of carbonyl (C=O) groups is 1. The van der Waals surface area contributed by atoms with Gasteiger partial charge in [0.25, 0.3) is 0 Å². The van der Waals surface area contributed by atoms with Gasteiger partial charge in [-0.3, -0.25) is 4.79 Å². The van der Waals surface area contributed by atoms with Crippen molar-refractivity contribution in [1.82, 2.24) is 0 Å². The lowest BCUT2D eigenvalue weighted by Gasteiger charge is -2.33. The zero-order chi connectivity index (χ0) is 12.3. The van der Waals surface area contributed by atoms with Gasteiger partial charge in [-0.15, -0.1) is 0 Å². The molecule has 0 bridgehead atoms. The number of anilines is 1. The molecule has 1 aromatic rings. The second kappa shape index (κ2) is 5.65. The molecule has 1 aromatic carbocycles.